The van der Waals surface area contributed by atoms with Gasteiger partial charge in [0, 0.05) is 31.9 Å². The molecule has 2 heterocycles. The number of tetrazole rings is 1. The zero-order valence-corrected chi connectivity index (χ0v) is 15.9. The quantitative estimate of drug-likeness (QED) is 0.614. The first-order valence-electron chi connectivity index (χ1n) is 8.95. The second-order valence-electron chi connectivity index (χ2n) is 6.34. The van der Waals surface area contributed by atoms with Gasteiger partial charge in [0.15, 0.2) is 0 Å². The molecular weight excluding hydrogens is 379 g/mol. The third-order valence-corrected chi connectivity index (χ3v) is 5.49. The molecule has 1 aliphatic rings. The number of piperazine rings is 1. The Kier molecular flexibility index (Phi) is 5.52. The monoisotopic (exact) mass is 398 g/mol. The van der Waals surface area contributed by atoms with Crippen LogP contribution in [0.25, 0.3) is 5.69 Å². The standard InChI is InChI=1S/C19H19FN6OS/c20-15-6-8-16(9-7-15)24-10-12-25(13-11-24)18(27)14-28-19-21-22-23-26(19)17-4-2-1-3-5-17/h1-9H,10-14H2. The van der Waals surface area contributed by atoms with Crippen LogP contribution in [0.2, 0.25) is 0 Å². The number of nitrogens with zero attached hydrogens (tertiary/aromatic N) is 6. The zero-order chi connectivity index (χ0) is 19.3. The van der Waals surface area contributed by atoms with Crippen LogP contribution in [0.3, 0.4) is 0 Å². The third kappa shape index (κ3) is 4.14. The van der Waals surface area contributed by atoms with Gasteiger partial charge in [-0.15, -0.1) is 5.10 Å². The van der Waals surface area contributed by atoms with Crippen molar-refractivity contribution in [2.75, 3.05) is 36.8 Å². The third-order valence-electron chi connectivity index (χ3n) is 4.59. The molecule has 0 saturated carbocycles. The lowest BCUT2D eigenvalue weighted by atomic mass is 10.2. The molecule has 1 aromatic heterocycles. The lowest BCUT2D eigenvalue weighted by Gasteiger charge is -2.36. The van der Waals surface area contributed by atoms with Gasteiger partial charge in [0.1, 0.15) is 5.82 Å². The van der Waals surface area contributed by atoms with Crippen molar-refractivity contribution < 1.29 is 9.18 Å². The predicted molar refractivity (Wildman–Crippen MR) is 105 cm³/mol. The van der Waals surface area contributed by atoms with E-state index in [1.165, 1.54) is 23.9 Å². The van der Waals surface area contributed by atoms with Gasteiger partial charge in [-0.1, -0.05) is 30.0 Å². The fourth-order valence-electron chi connectivity index (χ4n) is 3.08. The number of para-hydroxylation sites is 1. The highest BCUT2D eigenvalue weighted by molar-refractivity contribution is 7.99. The van der Waals surface area contributed by atoms with Crippen molar-refractivity contribution in [1.29, 1.82) is 0 Å². The number of aromatic nitrogens is 4. The molecule has 0 radical (unpaired) electrons. The number of hydrogen-bond acceptors (Lipinski definition) is 6. The Morgan fingerprint density at radius 1 is 0.964 bits per heavy atom. The number of carbonyl (C=O) groups is 1. The number of rotatable bonds is 5. The summed E-state index contributed by atoms with van der Waals surface area (Å²) >= 11 is 1.33. The van der Waals surface area contributed by atoms with E-state index in [-0.39, 0.29) is 17.5 Å². The van der Waals surface area contributed by atoms with Crippen LogP contribution in [-0.2, 0) is 4.79 Å². The summed E-state index contributed by atoms with van der Waals surface area (Å²) in [6.07, 6.45) is 0. The van der Waals surface area contributed by atoms with Crippen molar-refractivity contribution in [3.8, 4) is 5.69 Å². The summed E-state index contributed by atoms with van der Waals surface area (Å²) in [5.41, 5.74) is 1.83. The van der Waals surface area contributed by atoms with Crippen molar-refractivity contribution in [1.82, 2.24) is 25.1 Å². The van der Waals surface area contributed by atoms with Crippen molar-refractivity contribution in [2.24, 2.45) is 0 Å². The maximum Gasteiger partial charge on any atom is 0.233 e. The number of halogens is 1. The van der Waals surface area contributed by atoms with Gasteiger partial charge in [0.25, 0.3) is 0 Å². The Bertz CT molecular complexity index is 925. The van der Waals surface area contributed by atoms with Gasteiger partial charge in [-0.05, 0) is 46.8 Å². The van der Waals surface area contributed by atoms with Crippen molar-refractivity contribution in [3.05, 3.63) is 60.4 Å². The van der Waals surface area contributed by atoms with E-state index in [9.17, 15) is 9.18 Å². The highest BCUT2D eigenvalue weighted by Gasteiger charge is 2.22. The highest BCUT2D eigenvalue weighted by atomic mass is 32.2. The maximum atomic E-state index is 13.1. The molecule has 4 rings (SSSR count). The lowest BCUT2D eigenvalue weighted by molar-refractivity contribution is -0.128. The molecule has 1 aliphatic heterocycles. The SMILES string of the molecule is O=C(CSc1nnnn1-c1ccccc1)N1CCN(c2ccc(F)cc2)CC1. The van der Waals surface area contributed by atoms with Gasteiger partial charge >= 0.3 is 0 Å². The molecule has 1 amide bonds. The second kappa shape index (κ2) is 8.39. The molecule has 7 nitrogen and oxygen atoms in total. The van der Waals surface area contributed by atoms with Crippen molar-refractivity contribution in [3.63, 3.8) is 0 Å². The van der Waals surface area contributed by atoms with Gasteiger partial charge in [-0.3, -0.25) is 4.79 Å². The van der Waals surface area contributed by atoms with Crippen LogP contribution >= 0.6 is 11.8 Å². The molecule has 0 bridgehead atoms. The smallest absolute Gasteiger partial charge is 0.233 e. The molecule has 1 saturated heterocycles. The molecule has 0 N–H and O–H groups in total. The number of hydrogen-bond donors (Lipinski definition) is 0. The predicted octanol–water partition coefficient (Wildman–Crippen LogP) is 2.24. The summed E-state index contributed by atoms with van der Waals surface area (Å²) in [5.74, 6) is 0.0998. The van der Waals surface area contributed by atoms with E-state index in [0.29, 0.717) is 18.2 Å². The minimum atomic E-state index is -0.243. The fraction of sp³-hybridized carbons (Fsp3) is 0.263. The molecule has 0 aliphatic carbocycles. The second-order valence-corrected chi connectivity index (χ2v) is 7.28. The zero-order valence-electron chi connectivity index (χ0n) is 15.1. The fourth-order valence-corrected chi connectivity index (χ4v) is 3.88. The first kappa shape index (κ1) is 18.4. The summed E-state index contributed by atoms with van der Waals surface area (Å²) in [5, 5.41) is 12.3. The highest BCUT2D eigenvalue weighted by Crippen LogP contribution is 2.20. The van der Waals surface area contributed by atoms with E-state index >= 15 is 0 Å². The number of amides is 1. The maximum absolute atomic E-state index is 13.1. The Hall–Kier alpha value is -2.94. The van der Waals surface area contributed by atoms with Crippen LogP contribution in [0.15, 0.2) is 59.8 Å². The molecule has 0 spiro atoms. The molecule has 144 valence electrons. The van der Waals surface area contributed by atoms with Crippen LogP contribution in [0.4, 0.5) is 10.1 Å². The molecule has 3 aromatic rings. The van der Waals surface area contributed by atoms with Crippen LogP contribution in [0, 0.1) is 5.82 Å². The molecule has 9 heteroatoms. The molecule has 0 atom stereocenters. The summed E-state index contributed by atoms with van der Waals surface area (Å²) in [6, 6.07) is 16.0. The van der Waals surface area contributed by atoms with Gasteiger partial charge in [-0.2, -0.15) is 4.68 Å². The number of thioether (sulfide) groups is 1. The van der Waals surface area contributed by atoms with E-state index in [1.807, 2.05) is 35.2 Å². The summed E-state index contributed by atoms with van der Waals surface area (Å²) in [7, 11) is 0. The van der Waals surface area contributed by atoms with E-state index < -0.39 is 0 Å². The lowest BCUT2D eigenvalue weighted by Crippen LogP contribution is -2.49. The van der Waals surface area contributed by atoms with E-state index in [0.717, 1.165) is 24.5 Å². The Morgan fingerprint density at radius 2 is 1.68 bits per heavy atom. The van der Waals surface area contributed by atoms with Crippen molar-refractivity contribution >= 4 is 23.4 Å². The molecule has 1 fully saturated rings. The Balaban J connectivity index is 1.31. The Labute approximate surface area is 166 Å². The van der Waals surface area contributed by atoms with E-state index in [2.05, 4.69) is 20.4 Å². The van der Waals surface area contributed by atoms with E-state index in [1.54, 1.807) is 16.8 Å². The molecule has 0 unspecified atom stereocenters. The first-order valence-corrected chi connectivity index (χ1v) is 9.94. The summed E-state index contributed by atoms with van der Waals surface area (Å²) < 4.78 is 14.7. The largest absolute Gasteiger partial charge is 0.368 e. The number of benzene rings is 2. The molecule has 28 heavy (non-hydrogen) atoms. The molecular formula is C19H19FN6OS. The van der Waals surface area contributed by atoms with Gasteiger partial charge in [-0.25, -0.2) is 4.39 Å². The van der Waals surface area contributed by atoms with Crippen LogP contribution in [-0.4, -0.2) is 62.9 Å². The minimum absolute atomic E-state index is 0.0615. The Morgan fingerprint density at radius 3 is 2.39 bits per heavy atom. The van der Waals surface area contributed by atoms with Crippen molar-refractivity contribution in [2.45, 2.75) is 5.16 Å². The summed E-state index contributed by atoms with van der Waals surface area (Å²) in [4.78, 5) is 16.6. The topological polar surface area (TPSA) is 67.2 Å². The van der Waals surface area contributed by atoms with E-state index in [4.69, 9.17) is 0 Å². The minimum Gasteiger partial charge on any atom is -0.368 e. The van der Waals surface area contributed by atoms with Gasteiger partial charge in [0.2, 0.25) is 11.1 Å². The van der Waals surface area contributed by atoms with Gasteiger partial charge in [0.05, 0.1) is 11.4 Å². The number of carbonyl (C=O) groups excluding carboxylic acids is 1. The van der Waals surface area contributed by atoms with Crippen LogP contribution < -0.4 is 4.90 Å². The average molecular weight is 398 g/mol. The van der Waals surface area contributed by atoms with Crippen LogP contribution in [0.5, 0.6) is 0 Å². The van der Waals surface area contributed by atoms with Crippen LogP contribution in [0.1, 0.15) is 0 Å². The summed E-state index contributed by atoms with van der Waals surface area (Å²) in [6.45, 7) is 2.73. The average Bonchev–Trinajstić information content (AvgIpc) is 3.22. The van der Waals surface area contributed by atoms with Gasteiger partial charge < -0.3 is 9.80 Å². The molecule has 2 aromatic carbocycles. The normalized spacial score (nSPS) is 14.3. The number of anilines is 1. The first-order chi connectivity index (χ1) is 13.7.